The summed E-state index contributed by atoms with van der Waals surface area (Å²) >= 11 is 1.44. The molecule has 94 valence electrons. The van der Waals surface area contributed by atoms with E-state index >= 15 is 0 Å². The second-order valence-corrected chi connectivity index (χ2v) is 4.44. The van der Waals surface area contributed by atoms with Crippen molar-refractivity contribution in [2.75, 3.05) is 24.9 Å². The second-order valence-electron chi connectivity index (χ2n) is 3.67. The number of nitrogen functional groups attached to an aromatic ring is 1. The van der Waals surface area contributed by atoms with Gasteiger partial charge in [-0.3, -0.25) is 0 Å². The molecule has 0 spiro atoms. The number of hydrazine groups is 1. The topological polar surface area (TPSA) is 82.3 Å². The van der Waals surface area contributed by atoms with E-state index in [1.54, 1.807) is 6.07 Å². The van der Waals surface area contributed by atoms with E-state index in [0.717, 1.165) is 19.4 Å². The van der Waals surface area contributed by atoms with Crippen LogP contribution >= 0.6 is 11.8 Å². The smallest absolute Gasteiger partial charge is 0.219 e. The normalized spacial score (nSPS) is 19.3. The van der Waals surface area contributed by atoms with Crippen molar-refractivity contribution in [3.8, 4) is 5.88 Å². The van der Waals surface area contributed by atoms with Crippen LogP contribution in [0.15, 0.2) is 11.2 Å². The molecule has 0 bridgehead atoms. The van der Waals surface area contributed by atoms with Gasteiger partial charge < -0.3 is 14.9 Å². The standard InChI is InChI=1S/C10H16N4O2S/c1-17-10-12-8(14-11)5-9(13-10)16-6-7-3-2-4-15-7/h5,7H,2-4,6,11H2,1H3,(H,12,13,14). The van der Waals surface area contributed by atoms with Gasteiger partial charge in [0, 0.05) is 12.7 Å². The zero-order chi connectivity index (χ0) is 12.1. The summed E-state index contributed by atoms with van der Waals surface area (Å²) in [6.45, 7) is 1.35. The van der Waals surface area contributed by atoms with Crippen molar-refractivity contribution in [1.82, 2.24) is 9.97 Å². The maximum atomic E-state index is 5.59. The maximum Gasteiger partial charge on any atom is 0.219 e. The molecule has 1 aromatic heterocycles. The van der Waals surface area contributed by atoms with Crippen LogP contribution in [-0.4, -0.2) is 35.5 Å². The summed E-state index contributed by atoms with van der Waals surface area (Å²) in [5.41, 5.74) is 2.49. The fraction of sp³-hybridized carbons (Fsp3) is 0.600. The molecule has 0 aliphatic carbocycles. The molecule has 1 atom stereocenters. The van der Waals surface area contributed by atoms with Gasteiger partial charge in [-0.2, -0.15) is 4.98 Å². The highest BCUT2D eigenvalue weighted by Crippen LogP contribution is 2.19. The molecule has 1 aliphatic rings. The highest BCUT2D eigenvalue weighted by Gasteiger charge is 2.16. The van der Waals surface area contributed by atoms with Crippen molar-refractivity contribution in [3.63, 3.8) is 0 Å². The van der Waals surface area contributed by atoms with Gasteiger partial charge in [0.15, 0.2) is 5.16 Å². The van der Waals surface area contributed by atoms with Gasteiger partial charge in [0.05, 0.1) is 6.10 Å². The Morgan fingerprint density at radius 3 is 3.18 bits per heavy atom. The summed E-state index contributed by atoms with van der Waals surface area (Å²) in [5.74, 6) is 6.40. The molecule has 1 aliphatic heterocycles. The Hall–Kier alpha value is -1.05. The first-order valence-electron chi connectivity index (χ1n) is 5.46. The zero-order valence-electron chi connectivity index (χ0n) is 9.68. The average molecular weight is 256 g/mol. The minimum Gasteiger partial charge on any atom is -0.475 e. The number of nitrogens with zero attached hydrogens (tertiary/aromatic N) is 2. The van der Waals surface area contributed by atoms with Crippen molar-refractivity contribution in [2.24, 2.45) is 5.84 Å². The molecule has 0 amide bonds. The van der Waals surface area contributed by atoms with E-state index in [2.05, 4.69) is 15.4 Å². The lowest BCUT2D eigenvalue weighted by molar-refractivity contribution is 0.0660. The van der Waals surface area contributed by atoms with Gasteiger partial charge in [-0.25, -0.2) is 10.8 Å². The van der Waals surface area contributed by atoms with Crippen molar-refractivity contribution >= 4 is 17.6 Å². The largest absolute Gasteiger partial charge is 0.475 e. The number of hydrogen-bond donors (Lipinski definition) is 2. The van der Waals surface area contributed by atoms with Gasteiger partial charge in [-0.05, 0) is 19.1 Å². The SMILES string of the molecule is CSc1nc(NN)cc(OCC2CCCO2)n1. The first-order chi connectivity index (χ1) is 8.31. The second kappa shape index (κ2) is 6.04. The highest BCUT2D eigenvalue weighted by molar-refractivity contribution is 7.98. The number of rotatable bonds is 5. The van der Waals surface area contributed by atoms with Crippen LogP contribution in [0.2, 0.25) is 0 Å². The van der Waals surface area contributed by atoms with Gasteiger partial charge in [0.25, 0.3) is 0 Å². The first kappa shape index (κ1) is 12.4. The summed E-state index contributed by atoms with van der Waals surface area (Å²) in [7, 11) is 0. The predicted molar refractivity (Wildman–Crippen MR) is 66.1 cm³/mol. The highest BCUT2D eigenvalue weighted by atomic mass is 32.2. The van der Waals surface area contributed by atoms with Crippen molar-refractivity contribution in [2.45, 2.75) is 24.1 Å². The Labute approximate surface area is 104 Å². The predicted octanol–water partition coefficient (Wildman–Crippen LogP) is 1.04. The quantitative estimate of drug-likeness (QED) is 0.352. The molecule has 2 rings (SSSR count). The summed E-state index contributed by atoms with van der Waals surface area (Å²) < 4.78 is 11.1. The van der Waals surface area contributed by atoms with Crippen LogP contribution in [0, 0.1) is 0 Å². The monoisotopic (exact) mass is 256 g/mol. The van der Waals surface area contributed by atoms with Crippen LogP contribution in [0.3, 0.4) is 0 Å². The minimum atomic E-state index is 0.178. The lowest BCUT2D eigenvalue weighted by atomic mass is 10.2. The van der Waals surface area contributed by atoms with Crippen LogP contribution in [0.4, 0.5) is 5.82 Å². The number of anilines is 1. The number of thioether (sulfide) groups is 1. The number of nitrogens with one attached hydrogen (secondary N) is 1. The molecule has 1 saturated heterocycles. The molecular formula is C10H16N4O2S. The van der Waals surface area contributed by atoms with Crippen LogP contribution in [0.5, 0.6) is 5.88 Å². The third kappa shape index (κ3) is 3.45. The number of aromatic nitrogens is 2. The molecule has 1 fully saturated rings. The molecule has 0 radical (unpaired) electrons. The number of nitrogens with two attached hydrogens (primary N) is 1. The lowest BCUT2D eigenvalue weighted by Crippen LogP contribution is -2.17. The minimum absolute atomic E-state index is 0.178. The van der Waals surface area contributed by atoms with Gasteiger partial charge in [0.1, 0.15) is 12.4 Å². The van der Waals surface area contributed by atoms with Crippen LogP contribution in [0.25, 0.3) is 0 Å². The van der Waals surface area contributed by atoms with E-state index in [1.807, 2.05) is 6.26 Å². The molecule has 17 heavy (non-hydrogen) atoms. The summed E-state index contributed by atoms with van der Waals surface area (Å²) in [4.78, 5) is 8.39. The molecule has 1 aromatic rings. The third-order valence-electron chi connectivity index (χ3n) is 2.45. The van der Waals surface area contributed by atoms with Gasteiger partial charge in [-0.1, -0.05) is 11.8 Å². The summed E-state index contributed by atoms with van der Waals surface area (Å²) in [6, 6.07) is 1.68. The van der Waals surface area contributed by atoms with Crippen LogP contribution < -0.4 is 16.0 Å². The fourth-order valence-corrected chi connectivity index (χ4v) is 1.97. The van der Waals surface area contributed by atoms with E-state index in [1.165, 1.54) is 11.8 Å². The van der Waals surface area contributed by atoms with Crippen molar-refractivity contribution < 1.29 is 9.47 Å². The fourth-order valence-electron chi connectivity index (χ4n) is 1.60. The molecule has 1 unspecified atom stereocenters. The lowest BCUT2D eigenvalue weighted by Gasteiger charge is -2.11. The zero-order valence-corrected chi connectivity index (χ0v) is 10.5. The molecule has 0 aromatic carbocycles. The molecule has 6 nitrogen and oxygen atoms in total. The molecule has 3 N–H and O–H groups in total. The van der Waals surface area contributed by atoms with E-state index < -0.39 is 0 Å². The van der Waals surface area contributed by atoms with Crippen LogP contribution in [0.1, 0.15) is 12.8 Å². The summed E-state index contributed by atoms with van der Waals surface area (Å²) in [5, 5.41) is 0.628. The van der Waals surface area contributed by atoms with Crippen molar-refractivity contribution in [3.05, 3.63) is 6.07 Å². The van der Waals surface area contributed by atoms with Gasteiger partial charge in [-0.15, -0.1) is 0 Å². The van der Waals surface area contributed by atoms with E-state index in [9.17, 15) is 0 Å². The number of ether oxygens (including phenoxy) is 2. The molecule has 0 saturated carbocycles. The Morgan fingerprint density at radius 1 is 1.65 bits per heavy atom. The summed E-state index contributed by atoms with van der Waals surface area (Å²) in [6.07, 6.45) is 4.22. The number of hydrogen-bond acceptors (Lipinski definition) is 7. The Bertz CT molecular complexity index is 349. The molecular weight excluding hydrogens is 240 g/mol. The Balaban J connectivity index is 1.98. The van der Waals surface area contributed by atoms with E-state index in [0.29, 0.717) is 23.5 Å². The van der Waals surface area contributed by atoms with Crippen LogP contribution in [-0.2, 0) is 4.74 Å². The molecule has 2 heterocycles. The van der Waals surface area contributed by atoms with E-state index in [-0.39, 0.29) is 6.10 Å². The average Bonchev–Trinajstić information content (AvgIpc) is 2.89. The van der Waals surface area contributed by atoms with Crippen molar-refractivity contribution in [1.29, 1.82) is 0 Å². The van der Waals surface area contributed by atoms with E-state index in [4.69, 9.17) is 15.3 Å². The molecule has 7 heteroatoms. The Morgan fingerprint density at radius 2 is 2.53 bits per heavy atom. The van der Waals surface area contributed by atoms with Gasteiger partial charge in [0.2, 0.25) is 5.88 Å². The first-order valence-corrected chi connectivity index (χ1v) is 6.68. The van der Waals surface area contributed by atoms with Gasteiger partial charge >= 0.3 is 0 Å². The third-order valence-corrected chi connectivity index (χ3v) is 3.00. The Kier molecular flexibility index (Phi) is 4.41. The maximum absolute atomic E-state index is 5.59.